The van der Waals surface area contributed by atoms with Gasteiger partial charge in [-0.1, -0.05) is 5.16 Å². The SMILES string of the molecule is O=P12C3=CN=C(C=NO)C1=C32. The lowest BCUT2D eigenvalue weighted by Crippen LogP contribution is -2.01. The first-order valence-electron chi connectivity index (χ1n) is 3.12. The van der Waals surface area contributed by atoms with Gasteiger partial charge < -0.3 is 9.77 Å². The molecule has 3 rings (SSSR count). The van der Waals surface area contributed by atoms with Gasteiger partial charge in [0.15, 0.2) is 7.14 Å². The van der Waals surface area contributed by atoms with E-state index >= 15 is 0 Å². The van der Waals surface area contributed by atoms with Crippen LogP contribution in [0.2, 0.25) is 0 Å². The molecule has 1 fully saturated rings. The van der Waals surface area contributed by atoms with E-state index in [0.717, 1.165) is 15.9 Å². The molecule has 3 aliphatic rings. The lowest BCUT2D eigenvalue weighted by molar-refractivity contribution is 0.322. The normalized spacial score (nSPS) is 36.7. The Kier molecular flexibility index (Phi) is 0.627. The fraction of sp³-hybridized carbons (Fsp3) is 0. The quantitative estimate of drug-likeness (QED) is 0.276. The molecule has 0 saturated carbocycles. The van der Waals surface area contributed by atoms with Crippen molar-refractivity contribution in [2.45, 2.75) is 0 Å². The Morgan fingerprint density at radius 2 is 2.36 bits per heavy atom. The van der Waals surface area contributed by atoms with Gasteiger partial charge in [-0.3, -0.25) is 4.99 Å². The lowest BCUT2D eigenvalue weighted by Gasteiger charge is -1.99. The van der Waals surface area contributed by atoms with E-state index in [2.05, 4.69) is 10.1 Å². The van der Waals surface area contributed by atoms with Gasteiger partial charge in [0.25, 0.3) is 0 Å². The van der Waals surface area contributed by atoms with Gasteiger partial charge in [0.2, 0.25) is 0 Å². The van der Waals surface area contributed by atoms with Crippen molar-refractivity contribution >= 4 is 19.1 Å². The highest BCUT2D eigenvalue weighted by Crippen LogP contribution is 3.02. The molecule has 1 atom stereocenters. The summed E-state index contributed by atoms with van der Waals surface area (Å²) in [5.41, 5.74) is 0.556. The molecular formula is C6H3N2O2P. The predicted octanol–water partition coefficient (Wildman–Crippen LogP) is 1.34. The molecule has 0 amide bonds. The summed E-state index contributed by atoms with van der Waals surface area (Å²) < 4.78 is 11.5. The molecule has 0 spiro atoms. The fourth-order valence-electron chi connectivity index (χ4n) is 1.43. The van der Waals surface area contributed by atoms with Crippen LogP contribution in [0, 0.1) is 0 Å². The Labute approximate surface area is 62.0 Å². The zero-order valence-corrected chi connectivity index (χ0v) is 6.25. The highest BCUT2D eigenvalue weighted by atomic mass is 31.2. The summed E-state index contributed by atoms with van der Waals surface area (Å²) in [5, 5.41) is 13.8. The van der Waals surface area contributed by atoms with Gasteiger partial charge in [-0.15, -0.1) is 0 Å². The fourth-order valence-corrected chi connectivity index (χ4v) is 4.07. The zero-order chi connectivity index (χ0) is 7.64. The predicted molar refractivity (Wildman–Crippen MR) is 40.4 cm³/mol. The minimum atomic E-state index is -2.06. The summed E-state index contributed by atoms with van der Waals surface area (Å²) in [4.78, 5) is 3.93. The third-order valence-corrected chi connectivity index (χ3v) is 4.83. The Hall–Kier alpha value is -1.15. The van der Waals surface area contributed by atoms with Crippen molar-refractivity contribution in [3.05, 3.63) is 22.1 Å². The average molecular weight is 166 g/mol. The van der Waals surface area contributed by atoms with E-state index in [1.807, 2.05) is 0 Å². The number of hydrogen-bond acceptors (Lipinski definition) is 4. The average Bonchev–Trinajstić information content (AvgIpc) is 2.79. The largest absolute Gasteiger partial charge is 0.411 e. The highest BCUT2D eigenvalue weighted by Gasteiger charge is 2.73. The topological polar surface area (TPSA) is 62.0 Å². The second-order valence-electron chi connectivity index (χ2n) is 2.58. The third kappa shape index (κ3) is 0.385. The molecule has 1 N–H and O–H groups in total. The van der Waals surface area contributed by atoms with Gasteiger partial charge in [-0.2, -0.15) is 0 Å². The van der Waals surface area contributed by atoms with E-state index < -0.39 is 7.14 Å². The van der Waals surface area contributed by atoms with Crippen LogP contribution < -0.4 is 0 Å². The standard InChI is InChI=1S/C6H3N2O2P/c9-8-1-3-5-6-4(2-7-3)11(5,6)10/h1-2,9H. The van der Waals surface area contributed by atoms with Crippen LogP contribution in [-0.2, 0) is 4.57 Å². The molecular weight excluding hydrogens is 163 g/mol. The summed E-state index contributed by atoms with van der Waals surface area (Å²) in [5.74, 6) is 0. The molecule has 1 saturated heterocycles. The maximum atomic E-state index is 11.5. The second kappa shape index (κ2) is 1.25. The van der Waals surface area contributed by atoms with E-state index in [4.69, 9.17) is 5.21 Å². The minimum Gasteiger partial charge on any atom is -0.411 e. The zero-order valence-electron chi connectivity index (χ0n) is 5.35. The molecule has 4 nitrogen and oxygen atoms in total. The van der Waals surface area contributed by atoms with Crippen LogP contribution in [0.15, 0.2) is 32.3 Å². The molecule has 5 heteroatoms. The van der Waals surface area contributed by atoms with Gasteiger partial charge in [0, 0.05) is 11.5 Å². The number of nitrogens with zero attached hydrogens (tertiary/aromatic N) is 2. The minimum absolute atomic E-state index is 0.556. The van der Waals surface area contributed by atoms with Crippen molar-refractivity contribution in [1.29, 1.82) is 0 Å². The Bertz CT molecular complexity index is 441. The van der Waals surface area contributed by atoms with Gasteiger partial charge in [0.05, 0.1) is 22.6 Å². The smallest absolute Gasteiger partial charge is 0.177 e. The van der Waals surface area contributed by atoms with Gasteiger partial charge in [0.1, 0.15) is 0 Å². The monoisotopic (exact) mass is 166 g/mol. The molecule has 0 aromatic heterocycles. The third-order valence-electron chi connectivity index (χ3n) is 2.08. The summed E-state index contributed by atoms with van der Waals surface area (Å²) in [6.45, 7) is 0. The molecule has 0 aromatic carbocycles. The van der Waals surface area contributed by atoms with Crippen molar-refractivity contribution in [1.82, 2.24) is 0 Å². The summed E-state index contributed by atoms with van der Waals surface area (Å²) >= 11 is 0. The summed E-state index contributed by atoms with van der Waals surface area (Å²) in [6, 6.07) is 0. The Morgan fingerprint density at radius 3 is 2.91 bits per heavy atom. The summed E-state index contributed by atoms with van der Waals surface area (Å²) in [6.07, 6.45) is 2.82. The van der Waals surface area contributed by atoms with E-state index in [0.29, 0.717) is 5.71 Å². The molecule has 54 valence electrons. The van der Waals surface area contributed by atoms with Crippen LogP contribution in [0.4, 0.5) is 0 Å². The molecule has 0 bridgehead atoms. The first kappa shape index (κ1) is 5.49. The van der Waals surface area contributed by atoms with E-state index in [1.54, 1.807) is 6.20 Å². The number of hydrogen-bond donors (Lipinski definition) is 1. The highest BCUT2D eigenvalue weighted by molar-refractivity contribution is 7.95. The lowest BCUT2D eigenvalue weighted by atomic mass is 10.3. The van der Waals surface area contributed by atoms with Gasteiger partial charge in [-0.05, 0) is 0 Å². The number of oxime groups is 1. The maximum absolute atomic E-state index is 11.5. The van der Waals surface area contributed by atoms with Crippen molar-refractivity contribution in [2.24, 2.45) is 10.1 Å². The Morgan fingerprint density at radius 1 is 1.64 bits per heavy atom. The molecule has 3 aliphatic heterocycles. The number of aliphatic imine (C=N–C) groups is 1. The van der Waals surface area contributed by atoms with E-state index in [9.17, 15) is 4.57 Å². The summed E-state index contributed by atoms with van der Waals surface area (Å²) in [7, 11) is -2.06. The maximum Gasteiger partial charge on any atom is 0.177 e. The van der Waals surface area contributed by atoms with Gasteiger partial charge in [-0.25, -0.2) is 0 Å². The van der Waals surface area contributed by atoms with Crippen LogP contribution in [-0.4, -0.2) is 17.1 Å². The molecule has 0 aliphatic carbocycles. The number of allylic oxidation sites excluding steroid dienone is 3. The molecule has 3 heterocycles. The van der Waals surface area contributed by atoms with Crippen molar-refractivity contribution in [3.63, 3.8) is 0 Å². The van der Waals surface area contributed by atoms with Crippen LogP contribution in [0.3, 0.4) is 0 Å². The van der Waals surface area contributed by atoms with Crippen LogP contribution in [0.1, 0.15) is 0 Å². The molecule has 0 radical (unpaired) electrons. The Balaban J connectivity index is 2.15. The van der Waals surface area contributed by atoms with Crippen molar-refractivity contribution < 1.29 is 9.77 Å². The molecule has 11 heavy (non-hydrogen) atoms. The van der Waals surface area contributed by atoms with Crippen LogP contribution >= 0.6 is 7.14 Å². The molecule has 1 unspecified atom stereocenters. The number of fused-ring (bicyclic) bond motifs is 1. The number of rotatable bonds is 1. The van der Waals surface area contributed by atoms with Crippen molar-refractivity contribution in [2.75, 3.05) is 0 Å². The van der Waals surface area contributed by atoms with Crippen LogP contribution in [0.25, 0.3) is 0 Å². The van der Waals surface area contributed by atoms with Crippen LogP contribution in [0.5, 0.6) is 0 Å². The van der Waals surface area contributed by atoms with Crippen molar-refractivity contribution in [3.8, 4) is 0 Å². The first-order chi connectivity index (χ1) is 5.30. The van der Waals surface area contributed by atoms with E-state index in [1.165, 1.54) is 6.21 Å². The second-order valence-corrected chi connectivity index (χ2v) is 5.17. The molecule has 0 aromatic rings. The van der Waals surface area contributed by atoms with E-state index in [-0.39, 0.29) is 0 Å². The van der Waals surface area contributed by atoms with Gasteiger partial charge >= 0.3 is 0 Å². The first-order valence-corrected chi connectivity index (χ1v) is 4.83.